The maximum absolute atomic E-state index is 14.5. The van der Waals surface area contributed by atoms with Gasteiger partial charge in [-0.1, -0.05) is 6.92 Å². The van der Waals surface area contributed by atoms with Gasteiger partial charge in [0.05, 0.1) is 12.0 Å². The van der Waals surface area contributed by atoms with Crippen molar-refractivity contribution in [3.63, 3.8) is 0 Å². The van der Waals surface area contributed by atoms with E-state index in [9.17, 15) is 26.3 Å². The molecule has 0 spiro atoms. The van der Waals surface area contributed by atoms with Crippen LogP contribution in [0.3, 0.4) is 0 Å². The molecule has 3 fully saturated rings. The third kappa shape index (κ3) is 1.97. The number of phenolic OH excluding ortho intramolecular Hbond substituents is 1. The van der Waals surface area contributed by atoms with E-state index in [-0.39, 0.29) is 25.7 Å². The van der Waals surface area contributed by atoms with E-state index in [1.54, 1.807) is 0 Å². The van der Waals surface area contributed by atoms with Gasteiger partial charge in [-0.25, -0.2) is 0 Å². The molecule has 3 saturated carbocycles. The molecule has 2 bridgehead atoms. The molecule has 24 heavy (non-hydrogen) atoms. The Morgan fingerprint density at radius 2 is 1.54 bits per heavy atom. The fraction of sp³-hybridized carbons (Fsp3) is 0.625. The number of fused-ring (bicyclic) bond motifs is 3. The fourth-order valence-corrected chi connectivity index (χ4v) is 3.70. The zero-order valence-electron chi connectivity index (χ0n) is 12.8. The largest absolute Gasteiger partial charge is 0.505 e. The Morgan fingerprint density at radius 3 is 2.12 bits per heavy atom. The summed E-state index contributed by atoms with van der Waals surface area (Å²) in [6, 6.07) is 1.67. The molecule has 0 unspecified atom stereocenters. The molecule has 1 aromatic rings. The standard InChI is InChI=1S/C16H16F6O2/c1-13-4-6-14(7-5-13,16(21,22)15(13,19)20)8-24-10-3-2-9(23)11(17)12(10)18/h2-3,23H,4-8H2,1H3. The lowest BCUT2D eigenvalue weighted by Crippen LogP contribution is -2.70. The molecule has 3 aliphatic carbocycles. The number of alkyl halides is 4. The number of benzene rings is 1. The summed E-state index contributed by atoms with van der Waals surface area (Å²) in [5.41, 5.74) is -3.90. The number of phenols is 1. The first-order valence-corrected chi connectivity index (χ1v) is 7.53. The molecule has 4 rings (SSSR count). The van der Waals surface area contributed by atoms with Gasteiger partial charge < -0.3 is 9.84 Å². The van der Waals surface area contributed by atoms with Crippen molar-refractivity contribution < 1.29 is 36.2 Å². The molecule has 0 aromatic heterocycles. The van der Waals surface area contributed by atoms with Crippen LogP contribution in [0.4, 0.5) is 26.3 Å². The van der Waals surface area contributed by atoms with Gasteiger partial charge in [-0.3, -0.25) is 0 Å². The Balaban J connectivity index is 1.89. The topological polar surface area (TPSA) is 29.5 Å². The van der Waals surface area contributed by atoms with Crippen LogP contribution in [-0.4, -0.2) is 23.6 Å². The van der Waals surface area contributed by atoms with Gasteiger partial charge in [-0.15, -0.1) is 0 Å². The van der Waals surface area contributed by atoms with Gasteiger partial charge in [0.1, 0.15) is 0 Å². The molecule has 1 aromatic carbocycles. The highest BCUT2D eigenvalue weighted by Crippen LogP contribution is 2.70. The van der Waals surface area contributed by atoms with Gasteiger partial charge in [0.15, 0.2) is 11.5 Å². The normalized spacial score (nSPS) is 33.5. The predicted octanol–water partition coefficient (Wildman–Crippen LogP) is 4.90. The van der Waals surface area contributed by atoms with Gasteiger partial charge in [0, 0.05) is 5.41 Å². The van der Waals surface area contributed by atoms with Crippen molar-refractivity contribution in [2.75, 3.05) is 6.61 Å². The van der Waals surface area contributed by atoms with Crippen LogP contribution < -0.4 is 4.74 Å². The lowest BCUT2D eigenvalue weighted by Gasteiger charge is -2.59. The number of rotatable bonds is 3. The van der Waals surface area contributed by atoms with E-state index in [1.807, 2.05) is 0 Å². The molecular formula is C16H16F6O2. The van der Waals surface area contributed by atoms with Crippen molar-refractivity contribution >= 4 is 0 Å². The molecule has 1 N–H and O–H groups in total. The summed E-state index contributed by atoms with van der Waals surface area (Å²) in [5.74, 6) is -13.3. The number of ether oxygens (including phenoxy) is 1. The second-order valence-corrected chi connectivity index (χ2v) is 6.99. The number of aromatic hydroxyl groups is 1. The molecule has 0 radical (unpaired) electrons. The van der Waals surface area contributed by atoms with E-state index < -0.39 is 52.4 Å². The zero-order valence-corrected chi connectivity index (χ0v) is 12.8. The summed E-state index contributed by atoms with van der Waals surface area (Å²) in [4.78, 5) is 0. The van der Waals surface area contributed by atoms with Crippen LogP contribution in [0.25, 0.3) is 0 Å². The molecule has 0 amide bonds. The first-order valence-electron chi connectivity index (χ1n) is 7.53. The van der Waals surface area contributed by atoms with Crippen molar-refractivity contribution in [2.24, 2.45) is 10.8 Å². The van der Waals surface area contributed by atoms with Crippen molar-refractivity contribution in [2.45, 2.75) is 44.5 Å². The third-order valence-electron chi connectivity index (χ3n) is 5.66. The van der Waals surface area contributed by atoms with Crippen LogP contribution in [0.5, 0.6) is 11.5 Å². The Hall–Kier alpha value is -1.60. The Morgan fingerprint density at radius 1 is 0.958 bits per heavy atom. The molecular weight excluding hydrogens is 338 g/mol. The average molecular weight is 354 g/mol. The summed E-state index contributed by atoms with van der Waals surface area (Å²) in [7, 11) is 0. The highest BCUT2D eigenvalue weighted by atomic mass is 19.3. The minimum absolute atomic E-state index is 0.0919. The SMILES string of the molecule is CC12CCC(COc3ccc(O)c(F)c3F)(CC1)C(F)(F)C2(F)F. The second kappa shape index (κ2) is 4.95. The van der Waals surface area contributed by atoms with E-state index >= 15 is 0 Å². The first kappa shape index (κ1) is 17.2. The van der Waals surface area contributed by atoms with E-state index in [4.69, 9.17) is 9.84 Å². The van der Waals surface area contributed by atoms with Gasteiger partial charge in [-0.2, -0.15) is 26.3 Å². The molecule has 0 heterocycles. The van der Waals surface area contributed by atoms with Gasteiger partial charge >= 0.3 is 11.8 Å². The van der Waals surface area contributed by atoms with Crippen LogP contribution in [0, 0.1) is 22.5 Å². The van der Waals surface area contributed by atoms with Gasteiger partial charge in [-0.05, 0) is 37.8 Å². The maximum Gasteiger partial charge on any atom is 0.319 e. The number of hydrogen-bond donors (Lipinski definition) is 1. The first-order chi connectivity index (χ1) is 11.0. The van der Waals surface area contributed by atoms with E-state index in [0.717, 1.165) is 19.1 Å². The van der Waals surface area contributed by atoms with Crippen molar-refractivity contribution in [3.05, 3.63) is 23.8 Å². The Labute approximate surface area is 134 Å². The smallest absolute Gasteiger partial charge is 0.319 e. The minimum Gasteiger partial charge on any atom is -0.505 e. The van der Waals surface area contributed by atoms with Gasteiger partial charge in [0.2, 0.25) is 11.6 Å². The number of hydrogen-bond acceptors (Lipinski definition) is 2. The summed E-state index contributed by atoms with van der Waals surface area (Å²) >= 11 is 0. The lowest BCUT2D eigenvalue weighted by molar-refractivity contribution is -0.367. The van der Waals surface area contributed by atoms with E-state index in [1.165, 1.54) is 0 Å². The summed E-state index contributed by atoms with van der Waals surface area (Å²) in [6.45, 7) is 0.298. The van der Waals surface area contributed by atoms with Crippen molar-refractivity contribution in [1.82, 2.24) is 0 Å². The highest BCUT2D eigenvalue weighted by molar-refractivity contribution is 5.34. The molecule has 0 atom stereocenters. The molecule has 8 heteroatoms. The quantitative estimate of drug-likeness (QED) is 0.783. The van der Waals surface area contributed by atoms with Crippen LogP contribution in [0.2, 0.25) is 0 Å². The van der Waals surface area contributed by atoms with Crippen LogP contribution >= 0.6 is 0 Å². The maximum atomic E-state index is 14.5. The van der Waals surface area contributed by atoms with E-state index in [2.05, 4.69) is 0 Å². The Bertz CT molecular complexity index is 665. The van der Waals surface area contributed by atoms with Crippen molar-refractivity contribution in [1.29, 1.82) is 0 Å². The minimum atomic E-state index is -4.31. The lowest BCUT2D eigenvalue weighted by atomic mass is 9.50. The molecule has 3 aliphatic rings. The fourth-order valence-electron chi connectivity index (χ4n) is 3.70. The molecule has 0 aliphatic heterocycles. The summed E-state index contributed by atoms with van der Waals surface area (Å²) < 4.78 is 89.4. The average Bonchev–Trinajstić information content (AvgIpc) is 2.52. The predicted molar refractivity (Wildman–Crippen MR) is 72.4 cm³/mol. The summed E-state index contributed by atoms with van der Waals surface area (Å²) in [5, 5.41) is 9.04. The third-order valence-corrected chi connectivity index (χ3v) is 5.66. The van der Waals surface area contributed by atoms with Crippen molar-refractivity contribution in [3.8, 4) is 11.5 Å². The number of halogens is 6. The molecule has 134 valence electrons. The molecule has 2 nitrogen and oxygen atoms in total. The van der Waals surface area contributed by atoms with Crippen LogP contribution in [0.15, 0.2) is 12.1 Å². The van der Waals surface area contributed by atoms with Crippen LogP contribution in [-0.2, 0) is 0 Å². The van der Waals surface area contributed by atoms with Crippen LogP contribution in [0.1, 0.15) is 32.6 Å². The molecule has 0 saturated heterocycles. The van der Waals surface area contributed by atoms with Gasteiger partial charge in [0.25, 0.3) is 0 Å². The second-order valence-electron chi connectivity index (χ2n) is 6.99. The Kier molecular flexibility index (Phi) is 3.56. The van der Waals surface area contributed by atoms with E-state index in [0.29, 0.717) is 0 Å². The highest BCUT2D eigenvalue weighted by Gasteiger charge is 2.80. The monoisotopic (exact) mass is 354 g/mol. The zero-order chi connectivity index (χ0) is 18.0. The summed E-state index contributed by atoms with van der Waals surface area (Å²) in [6.07, 6.45) is -0.556.